The SMILES string of the molecule is c1cc(-c2nc(-c3ccc(-c4cccc5c4oc4ccccc45)cc3)nc(-c3ccc4c(c3)oc3cnccc34)n2)cc(-n2c3ccccc3c3ccccc32)c1. The van der Waals surface area contributed by atoms with Crippen LogP contribution in [0.5, 0.6) is 0 Å². The Hall–Kier alpha value is -7.90. The van der Waals surface area contributed by atoms with Gasteiger partial charge in [0.2, 0.25) is 0 Å². The van der Waals surface area contributed by atoms with Crippen molar-refractivity contribution in [3.63, 3.8) is 0 Å². The van der Waals surface area contributed by atoms with Crippen molar-refractivity contribution < 1.29 is 8.83 Å². The van der Waals surface area contributed by atoms with Gasteiger partial charge in [-0.2, -0.15) is 0 Å². The first-order valence-corrected chi connectivity index (χ1v) is 18.9. The highest BCUT2D eigenvalue weighted by atomic mass is 16.3. The molecule has 0 aliphatic heterocycles. The highest BCUT2D eigenvalue weighted by Gasteiger charge is 2.18. The van der Waals surface area contributed by atoms with E-state index in [0.717, 1.165) is 88.4 Å². The third kappa shape index (κ3) is 4.99. The van der Waals surface area contributed by atoms with Crippen LogP contribution in [-0.2, 0) is 0 Å². The van der Waals surface area contributed by atoms with Crippen molar-refractivity contribution in [1.82, 2.24) is 24.5 Å². The normalized spacial score (nSPS) is 11.9. The maximum absolute atomic E-state index is 6.37. The zero-order valence-electron chi connectivity index (χ0n) is 30.3. The summed E-state index contributed by atoms with van der Waals surface area (Å²) in [6, 6.07) is 56.4. The van der Waals surface area contributed by atoms with Crippen LogP contribution in [0.2, 0.25) is 0 Å². The van der Waals surface area contributed by atoms with Gasteiger partial charge in [0.1, 0.15) is 16.7 Å². The monoisotopic (exact) mass is 731 g/mol. The number of nitrogens with zero attached hydrogens (tertiary/aromatic N) is 5. The van der Waals surface area contributed by atoms with Crippen molar-refractivity contribution in [2.24, 2.45) is 0 Å². The summed E-state index contributed by atoms with van der Waals surface area (Å²) in [4.78, 5) is 19.6. The highest BCUT2D eigenvalue weighted by Crippen LogP contribution is 2.38. The number of hydrogen-bond acceptors (Lipinski definition) is 6. The fourth-order valence-corrected chi connectivity index (χ4v) is 8.29. The van der Waals surface area contributed by atoms with Gasteiger partial charge in [-0.05, 0) is 54.1 Å². The van der Waals surface area contributed by atoms with Gasteiger partial charge in [0, 0.05) is 66.5 Å². The van der Waals surface area contributed by atoms with Crippen LogP contribution in [0.3, 0.4) is 0 Å². The van der Waals surface area contributed by atoms with Crippen molar-refractivity contribution in [2.75, 3.05) is 0 Å². The first kappa shape index (κ1) is 31.5. The van der Waals surface area contributed by atoms with E-state index >= 15 is 0 Å². The number of fused-ring (bicyclic) bond motifs is 9. The Kier molecular flexibility index (Phi) is 6.79. The Balaban J connectivity index is 1.01. The smallest absolute Gasteiger partial charge is 0.164 e. The molecule has 5 aromatic heterocycles. The lowest BCUT2D eigenvalue weighted by Crippen LogP contribution is -2.01. The average molecular weight is 732 g/mol. The Bertz CT molecular complexity index is 3490. The fourth-order valence-electron chi connectivity index (χ4n) is 8.29. The first-order chi connectivity index (χ1) is 28.2. The highest BCUT2D eigenvalue weighted by molar-refractivity contribution is 6.10. The molecule has 7 heteroatoms. The van der Waals surface area contributed by atoms with E-state index < -0.39 is 0 Å². The number of hydrogen-bond donors (Lipinski definition) is 0. The third-order valence-corrected chi connectivity index (χ3v) is 11.0. The molecule has 7 aromatic carbocycles. The maximum Gasteiger partial charge on any atom is 0.164 e. The quantitative estimate of drug-likeness (QED) is 0.175. The lowest BCUT2D eigenvalue weighted by atomic mass is 10.0. The Morgan fingerprint density at radius 2 is 0.982 bits per heavy atom. The van der Waals surface area contributed by atoms with Crippen molar-refractivity contribution >= 4 is 65.7 Å². The van der Waals surface area contributed by atoms with Gasteiger partial charge in [0.05, 0.1) is 17.2 Å². The largest absolute Gasteiger partial charge is 0.455 e. The predicted octanol–water partition coefficient (Wildman–Crippen LogP) is 12.8. The fraction of sp³-hybridized carbons (Fsp3) is 0. The topological polar surface area (TPSA) is 82.8 Å². The summed E-state index contributed by atoms with van der Waals surface area (Å²) in [5.74, 6) is 1.69. The molecule has 0 saturated heterocycles. The van der Waals surface area contributed by atoms with Gasteiger partial charge >= 0.3 is 0 Å². The van der Waals surface area contributed by atoms with E-state index in [4.69, 9.17) is 23.8 Å². The molecule has 12 rings (SSSR count). The van der Waals surface area contributed by atoms with Crippen LogP contribution in [0.25, 0.3) is 117 Å². The zero-order chi connectivity index (χ0) is 37.5. The average Bonchev–Trinajstić information content (AvgIpc) is 3.96. The van der Waals surface area contributed by atoms with Gasteiger partial charge in [0.15, 0.2) is 23.1 Å². The zero-order valence-corrected chi connectivity index (χ0v) is 30.3. The molecule has 0 atom stereocenters. The molecule has 0 saturated carbocycles. The molecule has 266 valence electrons. The summed E-state index contributed by atoms with van der Waals surface area (Å²) in [5, 5.41) is 6.65. The lowest BCUT2D eigenvalue weighted by Gasteiger charge is -2.12. The second kappa shape index (κ2) is 12.3. The molecule has 5 heterocycles. The first-order valence-electron chi connectivity index (χ1n) is 18.9. The third-order valence-electron chi connectivity index (χ3n) is 11.0. The molecule has 0 bridgehead atoms. The van der Waals surface area contributed by atoms with Gasteiger partial charge in [-0.1, -0.05) is 115 Å². The van der Waals surface area contributed by atoms with Crippen molar-refractivity contribution in [1.29, 1.82) is 0 Å². The number of furan rings is 2. The van der Waals surface area contributed by atoms with E-state index in [1.807, 2.05) is 36.4 Å². The summed E-state index contributed by atoms with van der Waals surface area (Å²) < 4.78 is 14.9. The minimum Gasteiger partial charge on any atom is -0.455 e. The molecule has 0 spiro atoms. The van der Waals surface area contributed by atoms with Gasteiger partial charge in [-0.3, -0.25) is 4.98 Å². The van der Waals surface area contributed by atoms with Crippen LogP contribution in [0.1, 0.15) is 0 Å². The Labute approximate surface area is 325 Å². The van der Waals surface area contributed by atoms with Gasteiger partial charge < -0.3 is 13.4 Å². The van der Waals surface area contributed by atoms with E-state index in [1.165, 1.54) is 10.8 Å². The minimum absolute atomic E-state index is 0.550. The van der Waals surface area contributed by atoms with Gasteiger partial charge in [-0.25, -0.2) is 15.0 Å². The van der Waals surface area contributed by atoms with E-state index in [-0.39, 0.29) is 0 Å². The lowest BCUT2D eigenvalue weighted by molar-refractivity contribution is 0.667. The van der Waals surface area contributed by atoms with Crippen molar-refractivity contribution in [2.45, 2.75) is 0 Å². The number of benzene rings is 7. The van der Waals surface area contributed by atoms with E-state index in [1.54, 1.807) is 12.4 Å². The standard InChI is InChI=1S/C50H29N5O2/c1-4-16-42-36(11-1)37-12-2-5-17-43(37)55(42)34-10-7-9-32(27-34)49-52-48(53-50(54-49)33-23-24-39-40-25-26-51-29-46(40)56-45(39)28-33)31-21-19-30(20-22-31)35-14-8-15-41-38-13-3-6-18-44(38)57-47(35)41/h1-29H. The van der Waals surface area contributed by atoms with E-state index in [9.17, 15) is 0 Å². The molecule has 0 amide bonds. The molecule has 12 aromatic rings. The van der Waals surface area contributed by atoms with Gasteiger partial charge in [-0.15, -0.1) is 0 Å². The molecule has 0 aliphatic carbocycles. The van der Waals surface area contributed by atoms with Crippen LogP contribution in [0.4, 0.5) is 0 Å². The predicted molar refractivity (Wildman–Crippen MR) is 228 cm³/mol. The number of rotatable bonds is 5. The summed E-state index contributed by atoms with van der Waals surface area (Å²) >= 11 is 0. The van der Waals surface area contributed by atoms with Crippen molar-refractivity contribution in [3.8, 4) is 51.0 Å². The molecule has 0 unspecified atom stereocenters. The minimum atomic E-state index is 0.550. The van der Waals surface area contributed by atoms with E-state index in [2.05, 4.69) is 137 Å². The molecular weight excluding hydrogens is 703 g/mol. The van der Waals surface area contributed by atoms with Crippen LogP contribution in [0.15, 0.2) is 185 Å². The molecule has 0 N–H and O–H groups in total. The molecular formula is C50H29N5O2. The van der Waals surface area contributed by atoms with Gasteiger partial charge in [0.25, 0.3) is 0 Å². The number of para-hydroxylation sites is 4. The summed E-state index contributed by atoms with van der Waals surface area (Å²) in [5.41, 5.74) is 11.2. The maximum atomic E-state index is 6.37. The second-order valence-electron chi connectivity index (χ2n) is 14.3. The summed E-state index contributed by atoms with van der Waals surface area (Å²) in [6.07, 6.45) is 3.53. The summed E-state index contributed by atoms with van der Waals surface area (Å²) in [6.45, 7) is 0. The van der Waals surface area contributed by atoms with Crippen molar-refractivity contribution in [3.05, 3.63) is 176 Å². The van der Waals surface area contributed by atoms with Crippen LogP contribution in [0, 0.1) is 0 Å². The molecule has 57 heavy (non-hydrogen) atoms. The molecule has 0 fully saturated rings. The molecule has 7 nitrogen and oxygen atoms in total. The Morgan fingerprint density at radius 1 is 0.386 bits per heavy atom. The molecule has 0 radical (unpaired) electrons. The molecule has 0 aliphatic rings. The van der Waals surface area contributed by atoms with E-state index in [0.29, 0.717) is 17.5 Å². The Morgan fingerprint density at radius 3 is 1.77 bits per heavy atom. The van der Waals surface area contributed by atoms with Crippen LogP contribution in [-0.4, -0.2) is 24.5 Å². The van der Waals surface area contributed by atoms with Crippen LogP contribution >= 0.6 is 0 Å². The van der Waals surface area contributed by atoms with Crippen LogP contribution < -0.4 is 0 Å². The second-order valence-corrected chi connectivity index (χ2v) is 14.3. The number of aromatic nitrogens is 5. The number of pyridine rings is 1. The summed E-state index contributed by atoms with van der Waals surface area (Å²) in [7, 11) is 0.